The minimum atomic E-state index is -4.52. The molecule has 94 valence electrons. The van der Waals surface area contributed by atoms with Gasteiger partial charge in [-0.3, -0.25) is 14.7 Å². The third-order valence-electron chi connectivity index (χ3n) is 2.18. The summed E-state index contributed by atoms with van der Waals surface area (Å²) in [6.45, 7) is -0.582. The first-order chi connectivity index (χ1) is 7.30. The van der Waals surface area contributed by atoms with Crippen molar-refractivity contribution in [1.82, 2.24) is 5.32 Å². The largest absolute Gasteiger partial charge is 0.480 e. The molecule has 0 aromatic carbocycles. The highest BCUT2D eigenvalue weighted by atomic mass is 31.2. The predicted octanol–water partition coefficient (Wildman–Crippen LogP) is -1.69. The van der Waals surface area contributed by atoms with Crippen LogP contribution in [0.15, 0.2) is 0 Å². The van der Waals surface area contributed by atoms with Gasteiger partial charge in [-0.1, -0.05) is 0 Å². The first-order valence-electron chi connectivity index (χ1n) is 4.60. The van der Waals surface area contributed by atoms with Crippen LogP contribution in [-0.2, 0) is 14.1 Å². The number of carbonyl (C=O) groups is 1. The standard InChI is InChI=1S/C7H14NO7P/c9-4-1-5(15-3-4)7(16(12,13)14)8-2-6(10)11/h4-5,7-9H,1-3H2,(H,10,11)(H2,12,13,14). The minimum Gasteiger partial charge on any atom is -0.480 e. The zero-order valence-corrected chi connectivity index (χ0v) is 9.21. The molecule has 3 atom stereocenters. The molecule has 1 fully saturated rings. The molecule has 0 aromatic heterocycles. The molecule has 5 N–H and O–H groups in total. The molecule has 1 rings (SSSR count). The highest BCUT2D eigenvalue weighted by Crippen LogP contribution is 2.44. The third kappa shape index (κ3) is 3.82. The molecule has 0 radical (unpaired) electrons. The van der Waals surface area contributed by atoms with E-state index in [-0.39, 0.29) is 13.0 Å². The van der Waals surface area contributed by atoms with Crippen LogP contribution in [0.4, 0.5) is 0 Å². The second kappa shape index (κ2) is 5.22. The summed E-state index contributed by atoms with van der Waals surface area (Å²) in [7, 11) is -4.52. The second-order valence-electron chi connectivity index (χ2n) is 3.57. The van der Waals surface area contributed by atoms with Gasteiger partial charge in [-0.25, -0.2) is 0 Å². The fraction of sp³-hybridized carbons (Fsp3) is 0.857. The van der Waals surface area contributed by atoms with Crippen molar-refractivity contribution >= 4 is 13.6 Å². The molecule has 0 saturated carbocycles. The quantitative estimate of drug-likeness (QED) is 0.367. The second-order valence-corrected chi connectivity index (χ2v) is 5.30. The Kier molecular flexibility index (Phi) is 4.43. The first kappa shape index (κ1) is 13.6. The molecular weight excluding hydrogens is 241 g/mol. The maximum Gasteiger partial charge on any atom is 0.345 e. The molecule has 8 nitrogen and oxygen atoms in total. The topological polar surface area (TPSA) is 136 Å². The Bertz CT molecular complexity index is 303. The summed E-state index contributed by atoms with van der Waals surface area (Å²) in [4.78, 5) is 28.4. The van der Waals surface area contributed by atoms with Gasteiger partial charge in [0.1, 0.15) is 5.78 Å². The Hall–Kier alpha value is -0.500. The summed E-state index contributed by atoms with van der Waals surface area (Å²) in [5, 5.41) is 19.8. The molecule has 0 spiro atoms. The van der Waals surface area contributed by atoms with E-state index in [1.165, 1.54) is 0 Å². The van der Waals surface area contributed by atoms with Gasteiger partial charge in [-0.2, -0.15) is 0 Å². The average molecular weight is 255 g/mol. The maximum absolute atomic E-state index is 11.1. The highest BCUT2D eigenvalue weighted by molar-refractivity contribution is 7.52. The van der Waals surface area contributed by atoms with E-state index in [0.29, 0.717) is 0 Å². The van der Waals surface area contributed by atoms with E-state index in [2.05, 4.69) is 5.32 Å². The van der Waals surface area contributed by atoms with Crippen LogP contribution >= 0.6 is 7.60 Å². The van der Waals surface area contributed by atoms with Crippen molar-refractivity contribution < 1.29 is 34.1 Å². The van der Waals surface area contributed by atoms with E-state index in [4.69, 9.17) is 24.7 Å². The van der Waals surface area contributed by atoms with E-state index in [1.54, 1.807) is 0 Å². The van der Waals surface area contributed by atoms with Crippen molar-refractivity contribution in [3.8, 4) is 0 Å². The van der Waals surface area contributed by atoms with Crippen LogP contribution in [0.1, 0.15) is 6.42 Å². The van der Waals surface area contributed by atoms with Gasteiger partial charge in [0, 0.05) is 6.42 Å². The van der Waals surface area contributed by atoms with Gasteiger partial charge >= 0.3 is 13.6 Å². The lowest BCUT2D eigenvalue weighted by Gasteiger charge is -2.24. The van der Waals surface area contributed by atoms with Crippen LogP contribution in [-0.4, -0.2) is 57.1 Å². The number of aliphatic carboxylic acids is 1. The Morgan fingerprint density at radius 3 is 2.56 bits per heavy atom. The first-order valence-corrected chi connectivity index (χ1v) is 6.29. The Morgan fingerprint density at radius 2 is 2.19 bits per heavy atom. The molecule has 1 heterocycles. The number of aliphatic hydroxyl groups excluding tert-OH is 1. The summed E-state index contributed by atoms with van der Waals surface area (Å²) >= 11 is 0. The van der Waals surface area contributed by atoms with E-state index in [9.17, 15) is 9.36 Å². The normalized spacial score (nSPS) is 27.9. The monoisotopic (exact) mass is 255 g/mol. The van der Waals surface area contributed by atoms with Crippen molar-refractivity contribution in [2.24, 2.45) is 0 Å². The zero-order valence-electron chi connectivity index (χ0n) is 8.31. The summed E-state index contributed by atoms with van der Waals surface area (Å²) in [6.07, 6.45) is -1.58. The van der Waals surface area contributed by atoms with Crippen LogP contribution in [0.2, 0.25) is 0 Å². The molecule has 0 aromatic rings. The summed E-state index contributed by atoms with van der Waals surface area (Å²) < 4.78 is 16.1. The van der Waals surface area contributed by atoms with Gasteiger partial charge in [0.05, 0.1) is 25.4 Å². The number of ether oxygens (including phenoxy) is 1. The van der Waals surface area contributed by atoms with Crippen molar-refractivity contribution in [1.29, 1.82) is 0 Å². The SMILES string of the molecule is O=C(O)CNC(C1CC(O)CO1)P(=O)(O)O. The van der Waals surface area contributed by atoms with Crippen molar-refractivity contribution in [2.45, 2.75) is 24.4 Å². The van der Waals surface area contributed by atoms with E-state index < -0.39 is 38.1 Å². The minimum absolute atomic E-state index is 0.00405. The maximum atomic E-state index is 11.1. The fourth-order valence-electron chi connectivity index (χ4n) is 1.52. The van der Waals surface area contributed by atoms with E-state index >= 15 is 0 Å². The van der Waals surface area contributed by atoms with Crippen LogP contribution < -0.4 is 5.32 Å². The van der Waals surface area contributed by atoms with Crippen LogP contribution in [0.25, 0.3) is 0 Å². The molecule has 1 saturated heterocycles. The average Bonchev–Trinajstić information content (AvgIpc) is 2.49. The molecule has 1 aliphatic heterocycles. The van der Waals surface area contributed by atoms with Crippen LogP contribution in [0.5, 0.6) is 0 Å². The summed E-state index contributed by atoms with van der Waals surface area (Å²) in [5.74, 6) is -2.63. The Balaban J connectivity index is 2.64. The number of rotatable bonds is 5. The van der Waals surface area contributed by atoms with Crippen molar-refractivity contribution in [3.05, 3.63) is 0 Å². The van der Waals surface area contributed by atoms with Gasteiger partial charge in [-0.05, 0) is 0 Å². The van der Waals surface area contributed by atoms with Gasteiger partial charge in [-0.15, -0.1) is 0 Å². The molecule has 0 aliphatic carbocycles. The number of aliphatic hydroxyl groups is 1. The molecule has 0 bridgehead atoms. The Morgan fingerprint density at radius 1 is 1.56 bits per heavy atom. The van der Waals surface area contributed by atoms with Crippen LogP contribution in [0.3, 0.4) is 0 Å². The van der Waals surface area contributed by atoms with Gasteiger partial charge in [0.2, 0.25) is 0 Å². The number of hydrogen-bond donors (Lipinski definition) is 5. The Labute approximate surface area is 91.4 Å². The van der Waals surface area contributed by atoms with Crippen molar-refractivity contribution in [2.75, 3.05) is 13.2 Å². The van der Waals surface area contributed by atoms with Gasteiger partial charge in [0.15, 0.2) is 0 Å². The number of carboxylic acids is 1. The van der Waals surface area contributed by atoms with Crippen LogP contribution in [0, 0.1) is 0 Å². The van der Waals surface area contributed by atoms with Gasteiger partial charge in [0.25, 0.3) is 0 Å². The van der Waals surface area contributed by atoms with E-state index in [0.717, 1.165) is 0 Å². The van der Waals surface area contributed by atoms with E-state index in [1.807, 2.05) is 0 Å². The lowest BCUT2D eigenvalue weighted by molar-refractivity contribution is -0.136. The summed E-state index contributed by atoms with van der Waals surface area (Å²) in [6, 6.07) is 0. The molecule has 9 heteroatoms. The molecular formula is C7H14NO7P. The molecule has 3 unspecified atom stereocenters. The number of carboxylic acid groups (broad SMARTS) is 1. The predicted molar refractivity (Wildman–Crippen MR) is 51.8 cm³/mol. The smallest absolute Gasteiger partial charge is 0.345 e. The zero-order chi connectivity index (χ0) is 12.3. The lowest BCUT2D eigenvalue weighted by atomic mass is 10.2. The lowest BCUT2D eigenvalue weighted by Crippen LogP contribution is -2.42. The number of hydrogen-bond acceptors (Lipinski definition) is 5. The van der Waals surface area contributed by atoms with Gasteiger partial charge < -0.3 is 24.7 Å². The summed E-state index contributed by atoms with van der Waals surface area (Å²) in [5.41, 5.74) is 0. The fourth-order valence-corrected chi connectivity index (χ4v) is 2.49. The molecule has 0 amide bonds. The number of nitrogens with one attached hydrogen (secondary N) is 1. The molecule has 16 heavy (non-hydrogen) atoms. The third-order valence-corrected chi connectivity index (χ3v) is 3.42. The van der Waals surface area contributed by atoms with Crippen molar-refractivity contribution in [3.63, 3.8) is 0 Å². The molecule has 1 aliphatic rings. The highest BCUT2D eigenvalue weighted by Gasteiger charge is 2.41.